The number of carboxylic acids is 1. The van der Waals surface area contributed by atoms with Gasteiger partial charge in [0.2, 0.25) is 0 Å². The van der Waals surface area contributed by atoms with Gasteiger partial charge in [0.15, 0.2) is 5.89 Å². The predicted molar refractivity (Wildman–Crippen MR) is 49.2 cm³/mol. The molecule has 76 valence electrons. The van der Waals surface area contributed by atoms with Crippen LogP contribution >= 0.6 is 0 Å². The van der Waals surface area contributed by atoms with Crippen LogP contribution < -0.4 is 0 Å². The Kier molecular flexibility index (Phi) is 2.27. The van der Waals surface area contributed by atoms with Gasteiger partial charge in [-0.1, -0.05) is 0 Å². The van der Waals surface area contributed by atoms with Crippen LogP contribution in [0.25, 0.3) is 0 Å². The van der Waals surface area contributed by atoms with Gasteiger partial charge in [0.05, 0.1) is 12.1 Å². The minimum Gasteiger partial charge on any atom is -0.481 e. The first-order chi connectivity index (χ1) is 6.66. The fraction of sp³-hybridized carbons (Fsp3) is 0.600. The first-order valence-electron chi connectivity index (χ1n) is 4.85. The molecule has 0 atom stereocenters. The van der Waals surface area contributed by atoms with E-state index in [-0.39, 0.29) is 6.42 Å². The topological polar surface area (TPSA) is 63.3 Å². The fourth-order valence-electron chi connectivity index (χ4n) is 1.41. The lowest BCUT2D eigenvalue weighted by atomic mass is 10.2. The van der Waals surface area contributed by atoms with E-state index in [9.17, 15) is 4.79 Å². The molecule has 0 saturated heterocycles. The van der Waals surface area contributed by atoms with Crippen LogP contribution in [0.2, 0.25) is 0 Å². The monoisotopic (exact) mass is 195 g/mol. The summed E-state index contributed by atoms with van der Waals surface area (Å²) in [5.41, 5.74) is 0.841. The molecule has 1 aliphatic rings. The molecule has 0 bridgehead atoms. The molecule has 4 nitrogen and oxygen atoms in total. The second kappa shape index (κ2) is 3.44. The van der Waals surface area contributed by atoms with E-state index >= 15 is 0 Å². The molecule has 1 aliphatic carbocycles. The molecule has 14 heavy (non-hydrogen) atoms. The molecule has 0 amide bonds. The summed E-state index contributed by atoms with van der Waals surface area (Å²) in [7, 11) is 0. The van der Waals surface area contributed by atoms with Gasteiger partial charge in [0.25, 0.3) is 0 Å². The van der Waals surface area contributed by atoms with Gasteiger partial charge in [-0.25, -0.2) is 4.98 Å². The lowest BCUT2D eigenvalue weighted by molar-refractivity contribution is -0.137. The van der Waals surface area contributed by atoms with Gasteiger partial charge in [0.1, 0.15) is 5.76 Å². The van der Waals surface area contributed by atoms with Crippen LogP contribution in [0.3, 0.4) is 0 Å². The highest BCUT2D eigenvalue weighted by Crippen LogP contribution is 2.40. The Hall–Kier alpha value is -1.32. The predicted octanol–water partition coefficient (Wildman–Crippen LogP) is 1.88. The normalized spacial score (nSPS) is 15.8. The molecule has 0 unspecified atom stereocenters. The molecule has 0 radical (unpaired) electrons. The van der Waals surface area contributed by atoms with Gasteiger partial charge in [0, 0.05) is 12.3 Å². The van der Waals surface area contributed by atoms with Crippen molar-refractivity contribution in [2.45, 2.75) is 38.5 Å². The quantitative estimate of drug-likeness (QED) is 0.796. The van der Waals surface area contributed by atoms with Gasteiger partial charge in [-0.2, -0.15) is 0 Å². The maximum absolute atomic E-state index is 10.4. The zero-order valence-corrected chi connectivity index (χ0v) is 8.12. The minimum atomic E-state index is -0.797. The van der Waals surface area contributed by atoms with E-state index in [0.29, 0.717) is 12.3 Å². The summed E-state index contributed by atoms with van der Waals surface area (Å²) in [6.07, 6.45) is 2.86. The average Bonchev–Trinajstić information content (AvgIpc) is 2.88. The number of aryl methyl sites for hydroxylation is 2. The summed E-state index contributed by atoms with van der Waals surface area (Å²) in [4.78, 5) is 14.7. The molecule has 1 fully saturated rings. The van der Waals surface area contributed by atoms with Crippen molar-refractivity contribution in [3.8, 4) is 0 Å². The molecule has 1 N–H and O–H groups in total. The second-order valence-electron chi connectivity index (χ2n) is 3.73. The second-order valence-corrected chi connectivity index (χ2v) is 3.73. The highest BCUT2D eigenvalue weighted by molar-refractivity contribution is 5.66. The number of aromatic nitrogens is 1. The molecule has 0 spiro atoms. The largest absolute Gasteiger partial charge is 0.481 e. The number of hydrogen-bond acceptors (Lipinski definition) is 3. The molecule has 4 heteroatoms. The van der Waals surface area contributed by atoms with Crippen molar-refractivity contribution >= 4 is 5.97 Å². The molecule has 1 saturated carbocycles. The van der Waals surface area contributed by atoms with Gasteiger partial charge < -0.3 is 9.52 Å². The van der Waals surface area contributed by atoms with E-state index in [0.717, 1.165) is 30.2 Å². The van der Waals surface area contributed by atoms with Gasteiger partial charge in [-0.3, -0.25) is 4.79 Å². The molecule has 1 aromatic heterocycles. The summed E-state index contributed by atoms with van der Waals surface area (Å²) < 4.78 is 5.51. The highest BCUT2D eigenvalue weighted by atomic mass is 16.4. The Bertz CT molecular complexity index is 352. The summed E-state index contributed by atoms with van der Waals surface area (Å²) >= 11 is 0. The van der Waals surface area contributed by atoms with Crippen molar-refractivity contribution in [1.82, 2.24) is 4.98 Å². The Morgan fingerprint density at radius 2 is 2.36 bits per heavy atom. The maximum atomic E-state index is 10.4. The number of aliphatic carboxylic acids is 1. The molecule has 2 rings (SSSR count). The summed E-state index contributed by atoms with van der Waals surface area (Å²) in [6.45, 7) is 1.87. The zero-order chi connectivity index (χ0) is 10.1. The third-order valence-corrected chi connectivity index (χ3v) is 2.40. The number of carbonyl (C=O) groups is 1. The lowest BCUT2D eigenvalue weighted by Crippen LogP contribution is -1.97. The van der Waals surface area contributed by atoms with E-state index in [1.807, 2.05) is 6.92 Å². The minimum absolute atomic E-state index is 0.111. The van der Waals surface area contributed by atoms with Crippen LogP contribution in [0, 0.1) is 6.92 Å². The van der Waals surface area contributed by atoms with E-state index in [1.54, 1.807) is 0 Å². The zero-order valence-electron chi connectivity index (χ0n) is 8.12. The Labute approximate surface area is 81.9 Å². The molecule has 1 aromatic rings. The van der Waals surface area contributed by atoms with Crippen LogP contribution in [0.5, 0.6) is 0 Å². The Balaban J connectivity index is 2.04. The Morgan fingerprint density at radius 1 is 1.64 bits per heavy atom. The van der Waals surface area contributed by atoms with Crippen LogP contribution in [0.15, 0.2) is 4.42 Å². The summed E-state index contributed by atoms with van der Waals surface area (Å²) in [5, 5.41) is 8.53. The van der Waals surface area contributed by atoms with Gasteiger partial charge in [-0.05, 0) is 19.8 Å². The van der Waals surface area contributed by atoms with E-state index in [1.165, 1.54) is 0 Å². The molecule has 0 aliphatic heterocycles. The number of rotatable bonds is 4. The summed E-state index contributed by atoms with van der Waals surface area (Å²) in [5.74, 6) is 1.22. The SMILES string of the molecule is Cc1nc(C2CC2)oc1CCC(=O)O. The molecule has 1 heterocycles. The van der Waals surface area contributed by atoms with Crippen molar-refractivity contribution < 1.29 is 14.3 Å². The average molecular weight is 195 g/mol. The fourth-order valence-corrected chi connectivity index (χ4v) is 1.41. The number of oxazole rings is 1. The van der Waals surface area contributed by atoms with Crippen molar-refractivity contribution in [1.29, 1.82) is 0 Å². The van der Waals surface area contributed by atoms with Gasteiger partial charge in [-0.15, -0.1) is 0 Å². The molecule has 0 aromatic carbocycles. The summed E-state index contributed by atoms with van der Waals surface area (Å²) in [6, 6.07) is 0. The molecular formula is C10H13NO3. The maximum Gasteiger partial charge on any atom is 0.303 e. The molecular weight excluding hydrogens is 182 g/mol. The highest BCUT2D eigenvalue weighted by Gasteiger charge is 2.29. The van der Waals surface area contributed by atoms with Gasteiger partial charge >= 0.3 is 5.97 Å². The van der Waals surface area contributed by atoms with Crippen LogP contribution in [0.1, 0.15) is 42.5 Å². The third kappa shape index (κ3) is 1.95. The number of carboxylic acid groups (broad SMARTS) is 1. The Morgan fingerprint density at radius 3 is 2.93 bits per heavy atom. The lowest BCUT2D eigenvalue weighted by Gasteiger charge is -1.92. The van der Waals surface area contributed by atoms with Crippen LogP contribution in [-0.2, 0) is 11.2 Å². The van der Waals surface area contributed by atoms with Crippen LogP contribution in [-0.4, -0.2) is 16.1 Å². The smallest absolute Gasteiger partial charge is 0.303 e. The first-order valence-corrected chi connectivity index (χ1v) is 4.85. The van der Waals surface area contributed by atoms with Crippen molar-refractivity contribution in [3.63, 3.8) is 0 Å². The van der Waals surface area contributed by atoms with Crippen molar-refractivity contribution in [2.24, 2.45) is 0 Å². The number of hydrogen-bond donors (Lipinski definition) is 1. The van der Waals surface area contributed by atoms with Crippen molar-refractivity contribution in [3.05, 3.63) is 17.3 Å². The number of nitrogens with zero attached hydrogens (tertiary/aromatic N) is 1. The first kappa shape index (κ1) is 9.24. The van der Waals surface area contributed by atoms with Crippen molar-refractivity contribution in [2.75, 3.05) is 0 Å². The van der Waals surface area contributed by atoms with E-state index in [2.05, 4.69) is 4.98 Å². The van der Waals surface area contributed by atoms with E-state index < -0.39 is 5.97 Å². The van der Waals surface area contributed by atoms with Crippen LogP contribution in [0.4, 0.5) is 0 Å². The standard InChI is InChI=1S/C10H13NO3/c1-6-8(4-5-9(12)13)14-10(11-6)7-2-3-7/h7H,2-5H2,1H3,(H,12,13). The van der Waals surface area contributed by atoms with E-state index in [4.69, 9.17) is 9.52 Å². The third-order valence-electron chi connectivity index (χ3n) is 2.40.